The number of hydrogen-bond acceptors (Lipinski definition) is 7. The SMILES string of the molecule is CCCCOC(=O)c1cccc(NC(=O)c2c(C(=O)Nc3ccc(Cl)cc3C)sc3nc(C)cc(=O)n23)c1. The highest BCUT2D eigenvalue weighted by atomic mass is 35.5. The summed E-state index contributed by atoms with van der Waals surface area (Å²) in [6, 6.07) is 12.5. The zero-order valence-corrected chi connectivity index (χ0v) is 22.5. The van der Waals surface area contributed by atoms with Crippen molar-refractivity contribution in [3.63, 3.8) is 0 Å². The van der Waals surface area contributed by atoms with E-state index in [-0.39, 0.29) is 21.1 Å². The Labute approximate surface area is 227 Å². The quantitative estimate of drug-likeness (QED) is 0.220. The van der Waals surface area contributed by atoms with Gasteiger partial charge in [-0.1, -0.05) is 42.3 Å². The molecule has 4 rings (SSSR count). The van der Waals surface area contributed by atoms with E-state index >= 15 is 0 Å². The van der Waals surface area contributed by atoms with Gasteiger partial charge in [-0.15, -0.1) is 0 Å². The number of anilines is 2. The fourth-order valence-electron chi connectivity index (χ4n) is 3.70. The van der Waals surface area contributed by atoms with Gasteiger partial charge in [0.05, 0.1) is 12.2 Å². The van der Waals surface area contributed by atoms with E-state index in [9.17, 15) is 19.2 Å². The maximum atomic E-state index is 13.5. The number of benzene rings is 2. The normalized spacial score (nSPS) is 10.8. The van der Waals surface area contributed by atoms with Crippen LogP contribution in [0.2, 0.25) is 5.02 Å². The molecule has 38 heavy (non-hydrogen) atoms. The monoisotopic (exact) mass is 552 g/mol. The zero-order valence-electron chi connectivity index (χ0n) is 21.0. The van der Waals surface area contributed by atoms with Crippen LogP contribution in [0.15, 0.2) is 53.3 Å². The summed E-state index contributed by atoms with van der Waals surface area (Å²) in [4.78, 5) is 56.6. The summed E-state index contributed by atoms with van der Waals surface area (Å²) in [6.07, 6.45) is 1.63. The van der Waals surface area contributed by atoms with Gasteiger partial charge in [-0.05, 0) is 62.2 Å². The third-order valence-corrected chi connectivity index (χ3v) is 6.87. The van der Waals surface area contributed by atoms with Crippen molar-refractivity contribution in [1.82, 2.24) is 9.38 Å². The predicted octanol–water partition coefficient (Wildman–Crippen LogP) is 5.49. The highest BCUT2D eigenvalue weighted by Gasteiger charge is 2.27. The number of unbranched alkanes of at least 4 members (excludes halogenated alkanes) is 1. The number of carbonyl (C=O) groups is 3. The number of ether oxygens (including phenoxy) is 1. The standard InChI is InChI=1S/C27H25ClN4O5S/c1-4-5-11-37-26(36)17-7-6-8-19(14-17)30-24(34)22-23(38-27-29-16(3)13-21(33)32(22)27)25(35)31-20-10-9-18(28)12-15(20)2/h6-10,12-14H,4-5,11H2,1-3H3,(H,30,34)(H,31,35). The Morgan fingerprint density at radius 1 is 1.05 bits per heavy atom. The maximum absolute atomic E-state index is 13.5. The molecule has 2 aromatic carbocycles. The Morgan fingerprint density at radius 2 is 1.84 bits per heavy atom. The van der Waals surface area contributed by atoms with Crippen LogP contribution >= 0.6 is 22.9 Å². The van der Waals surface area contributed by atoms with Crippen LogP contribution in [0.25, 0.3) is 4.96 Å². The first-order chi connectivity index (χ1) is 18.2. The second-order valence-corrected chi connectivity index (χ2v) is 9.99. The van der Waals surface area contributed by atoms with Crippen molar-refractivity contribution in [2.45, 2.75) is 33.6 Å². The smallest absolute Gasteiger partial charge is 0.338 e. The van der Waals surface area contributed by atoms with Crippen molar-refractivity contribution in [1.29, 1.82) is 0 Å². The number of thiazole rings is 1. The second-order valence-electron chi connectivity index (χ2n) is 8.57. The van der Waals surface area contributed by atoms with E-state index in [1.54, 1.807) is 50.2 Å². The third-order valence-electron chi connectivity index (χ3n) is 5.59. The number of fused-ring (bicyclic) bond motifs is 1. The molecule has 0 aliphatic rings. The second kappa shape index (κ2) is 11.6. The van der Waals surface area contributed by atoms with E-state index in [4.69, 9.17) is 16.3 Å². The molecule has 0 atom stereocenters. The average molecular weight is 553 g/mol. The first kappa shape index (κ1) is 27.0. The van der Waals surface area contributed by atoms with Crippen LogP contribution in [0, 0.1) is 13.8 Å². The molecule has 2 amide bonds. The van der Waals surface area contributed by atoms with Gasteiger partial charge in [0.2, 0.25) is 0 Å². The van der Waals surface area contributed by atoms with Crippen LogP contribution in [0.3, 0.4) is 0 Å². The molecule has 0 aliphatic heterocycles. The summed E-state index contributed by atoms with van der Waals surface area (Å²) in [5.74, 6) is -1.80. The number of nitrogens with one attached hydrogen (secondary N) is 2. The Hall–Kier alpha value is -4.02. The number of rotatable bonds is 8. The molecule has 0 aliphatic carbocycles. The van der Waals surface area contributed by atoms with Gasteiger partial charge >= 0.3 is 5.97 Å². The van der Waals surface area contributed by atoms with Crippen LogP contribution in [-0.4, -0.2) is 33.8 Å². The Kier molecular flexibility index (Phi) is 8.23. The largest absolute Gasteiger partial charge is 0.462 e. The van der Waals surface area contributed by atoms with Crippen LogP contribution in [-0.2, 0) is 4.74 Å². The molecule has 0 unspecified atom stereocenters. The number of carbonyl (C=O) groups excluding carboxylic acids is 3. The van der Waals surface area contributed by atoms with Gasteiger partial charge in [0.15, 0.2) is 4.96 Å². The first-order valence-corrected chi connectivity index (χ1v) is 13.1. The van der Waals surface area contributed by atoms with Crippen molar-refractivity contribution < 1.29 is 19.1 Å². The first-order valence-electron chi connectivity index (χ1n) is 11.9. The minimum absolute atomic E-state index is 0.00202. The van der Waals surface area contributed by atoms with Gasteiger partial charge < -0.3 is 15.4 Å². The van der Waals surface area contributed by atoms with Crippen molar-refractivity contribution in [2.75, 3.05) is 17.2 Å². The Balaban J connectivity index is 1.69. The number of amides is 2. The minimum atomic E-state index is -0.710. The molecule has 0 saturated heterocycles. The van der Waals surface area contributed by atoms with E-state index in [2.05, 4.69) is 15.6 Å². The molecule has 0 bridgehead atoms. The van der Waals surface area contributed by atoms with E-state index in [1.165, 1.54) is 12.1 Å². The van der Waals surface area contributed by atoms with Gasteiger partial charge in [-0.3, -0.25) is 14.4 Å². The molecule has 2 heterocycles. The molecule has 0 saturated carbocycles. The van der Waals surface area contributed by atoms with Crippen LogP contribution < -0.4 is 16.2 Å². The van der Waals surface area contributed by atoms with Crippen molar-refractivity contribution >= 4 is 57.1 Å². The molecular formula is C27H25ClN4O5S. The van der Waals surface area contributed by atoms with Crippen LogP contribution in [0.4, 0.5) is 11.4 Å². The molecule has 0 radical (unpaired) electrons. The lowest BCUT2D eigenvalue weighted by Crippen LogP contribution is -2.25. The van der Waals surface area contributed by atoms with Crippen molar-refractivity contribution in [2.24, 2.45) is 0 Å². The fraction of sp³-hybridized carbons (Fsp3) is 0.222. The minimum Gasteiger partial charge on any atom is -0.462 e. The molecule has 196 valence electrons. The van der Waals surface area contributed by atoms with E-state index in [1.807, 2.05) is 6.92 Å². The lowest BCUT2D eigenvalue weighted by atomic mass is 10.2. The van der Waals surface area contributed by atoms with Crippen LogP contribution in [0.1, 0.15) is 61.5 Å². The number of aromatic nitrogens is 2. The summed E-state index contributed by atoms with van der Waals surface area (Å²) in [6.45, 7) is 5.73. The molecule has 4 aromatic rings. The van der Waals surface area contributed by atoms with Gasteiger partial charge in [0.1, 0.15) is 10.6 Å². The number of esters is 1. The fourth-order valence-corrected chi connectivity index (χ4v) is 4.99. The molecule has 2 aromatic heterocycles. The lowest BCUT2D eigenvalue weighted by molar-refractivity contribution is 0.0499. The third kappa shape index (κ3) is 5.92. The predicted molar refractivity (Wildman–Crippen MR) is 148 cm³/mol. The summed E-state index contributed by atoms with van der Waals surface area (Å²) in [5, 5.41) is 6.00. The van der Waals surface area contributed by atoms with Gasteiger partial charge in [0.25, 0.3) is 17.4 Å². The maximum Gasteiger partial charge on any atom is 0.338 e. The number of aryl methyl sites for hydroxylation is 2. The zero-order chi connectivity index (χ0) is 27.4. The summed E-state index contributed by atoms with van der Waals surface area (Å²) < 4.78 is 6.36. The van der Waals surface area contributed by atoms with Gasteiger partial charge in [-0.25, -0.2) is 14.2 Å². The highest BCUT2D eigenvalue weighted by Crippen LogP contribution is 2.26. The molecule has 0 fully saturated rings. The molecule has 0 spiro atoms. The number of nitrogens with zero attached hydrogens (tertiary/aromatic N) is 2. The average Bonchev–Trinajstić information content (AvgIpc) is 3.26. The number of halogens is 1. The summed E-state index contributed by atoms with van der Waals surface area (Å²) in [7, 11) is 0. The van der Waals surface area contributed by atoms with E-state index < -0.39 is 23.3 Å². The van der Waals surface area contributed by atoms with Crippen molar-refractivity contribution in [3.8, 4) is 0 Å². The Bertz CT molecular complexity index is 1610. The molecular weight excluding hydrogens is 528 g/mol. The van der Waals surface area contributed by atoms with Crippen molar-refractivity contribution in [3.05, 3.63) is 91.3 Å². The van der Waals surface area contributed by atoms with Gasteiger partial charge in [-0.2, -0.15) is 0 Å². The van der Waals surface area contributed by atoms with Crippen LogP contribution in [0.5, 0.6) is 0 Å². The Morgan fingerprint density at radius 3 is 2.58 bits per heavy atom. The number of hydrogen-bond donors (Lipinski definition) is 2. The summed E-state index contributed by atoms with van der Waals surface area (Å²) >= 11 is 6.95. The molecule has 9 nitrogen and oxygen atoms in total. The van der Waals surface area contributed by atoms with Gasteiger partial charge in [0, 0.05) is 28.2 Å². The van der Waals surface area contributed by atoms with E-state index in [0.29, 0.717) is 28.7 Å². The topological polar surface area (TPSA) is 119 Å². The molecule has 11 heteroatoms. The summed E-state index contributed by atoms with van der Waals surface area (Å²) in [5.41, 5.74) is 1.59. The van der Waals surface area contributed by atoms with E-state index in [0.717, 1.165) is 34.1 Å². The molecule has 2 N–H and O–H groups in total. The highest BCUT2D eigenvalue weighted by molar-refractivity contribution is 7.19. The lowest BCUT2D eigenvalue weighted by Gasteiger charge is -2.10.